The summed E-state index contributed by atoms with van der Waals surface area (Å²) in [5, 5.41) is 147. The minimum atomic E-state index is -3.09. The third kappa shape index (κ3) is 25.7. The van der Waals surface area contributed by atoms with Crippen LogP contribution in [0.1, 0.15) is 213 Å². The normalized spacial score (nSPS) is 30.3. The minimum absolute atomic E-state index is 0.141. The van der Waals surface area contributed by atoms with Gasteiger partial charge in [-0.05, 0) is 12.8 Å². The quantitative estimate of drug-likeness (QED) is 0.0389. The number of amides is 2. The number of aliphatic carboxylic acids is 1. The van der Waals surface area contributed by atoms with Crippen molar-refractivity contribution in [3.63, 3.8) is 0 Å². The highest BCUT2D eigenvalue weighted by atomic mass is 16.8. The monoisotopic (exact) mass is 1200 g/mol. The van der Waals surface area contributed by atoms with E-state index >= 15 is 0 Å². The lowest BCUT2D eigenvalue weighted by Gasteiger charge is -2.50. The highest BCUT2D eigenvalue weighted by Crippen LogP contribution is 2.38. The molecular weight excluding hydrogens is 1090 g/mol. The highest BCUT2D eigenvalue weighted by Gasteiger charge is 2.60. The molecule has 0 saturated carbocycles. The number of aliphatic hydroxyl groups is 12. The second kappa shape index (κ2) is 41.8. The lowest BCUT2D eigenvalue weighted by Crippen LogP contribution is -2.70. The molecule has 0 bridgehead atoms. The van der Waals surface area contributed by atoms with Gasteiger partial charge in [0, 0.05) is 19.8 Å². The third-order valence-electron chi connectivity index (χ3n) is 16.4. The fourth-order valence-electron chi connectivity index (χ4n) is 11.3. The van der Waals surface area contributed by atoms with Crippen LogP contribution in [-0.4, -0.2) is 227 Å². The molecule has 3 fully saturated rings. The molecule has 19 atom stereocenters. The van der Waals surface area contributed by atoms with E-state index in [4.69, 9.17) is 28.4 Å². The first-order chi connectivity index (χ1) is 39.8. The smallest absolute Gasteiger partial charge is 0.364 e. The van der Waals surface area contributed by atoms with E-state index in [0.29, 0.717) is 12.8 Å². The van der Waals surface area contributed by atoms with Gasteiger partial charge in [-0.25, -0.2) is 4.79 Å². The van der Waals surface area contributed by atoms with Crippen LogP contribution in [0.3, 0.4) is 0 Å². The number of hydrogen-bond acceptors (Lipinski definition) is 21. The Balaban J connectivity index is 1.67. The van der Waals surface area contributed by atoms with Gasteiger partial charge in [-0.2, -0.15) is 0 Å². The maximum absolute atomic E-state index is 13.4. The molecule has 2 amide bonds. The highest BCUT2D eigenvalue weighted by molar-refractivity contribution is 5.77. The number of carboxylic acid groups (broad SMARTS) is 1. The largest absolute Gasteiger partial charge is 0.477 e. The molecule has 3 aliphatic heterocycles. The molecule has 0 aromatic heterocycles. The Morgan fingerprint density at radius 1 is 0.590 bits per heavy atom. The van der Waals surface area contributed by atoms with Gasteiger partial charge in [0.2, 0.25) is 11.8 Å². The minimum Gasteiger partial charge on any atom is -0.477 e. The summed E-state index contributed by atoms with van der Waals surface area (Å²) in [6.07, 6.45) is -0.373. The Hall–Kier alpha value is -2.31. The summed E-state index contributed by atoms with van der Waals surface area (Å²) < 4.78 is 34.6. The van der Waals surface area contributed by atoms with E-state index < -0.39 is 167 Å². The molecule has 0 aromatic rings. The van der Waals surface area contributed by atoms with Crippen molar-refractivity contribution < 1.29 is 109 Å². The molecule has 24 heteroatoms. The molecule has 3 heterocycles. The van der Waals surface area contributed by atoms with Gasteiger partial charge in [0.05, 0.1) is 50.7 Å². The van der Waals surface area contributed by atoms with Crippen molar-refractivity contribution in [2.24, 2.45) is 0 Å². The first-order valence-electron chi connectivity index (χ1n) is 31.5. The van der Waals surface area contributed by atoms with E-state index in [2.05, 4.69) is 24.5 Å². The predicted octanol–water partition coefficient (Wildman–Crippen LogP) is 2.36. The molecule has 0 aliphatic carbocycles. The number of carbonyl (C=O) groups excluding carboxylic acids is 2. The third-order valence-corrected chi connectivity index (χ3v) is 16.4. The number of ether oxygens (including phenoxy) is 6. The zero-order valence-electron chi connectivity index (χ0n) is 49.9. The molecule has 488 valence electrons. The van der Waals surface area contributed by atoms with Crippen LogP contribution in [-0.2, 0) is 42.8 Å². The van der Waals surface area contributed by atoms with E-state index in [0.717, 1.165) is 58.3 Å². The summed E-state index contributed by atoms with van der Waals surface area (Å²) in [5.41, 5.74) is 0. The van der Waals surface area contributed by atoms with Crippen molar-refractivity contribution >= 4 is 17.8 Å². The fourth-order valence-corrected chi connectivity index (χ4v) is 11.3. The molecule has 24 nitrogen and oxygen atoms in total. The van der Waals surface area contributed by atoms with Gasteiger partial charge in [0.1, 0.15) is 73.2 Å². The number of carboxylic acids is 1. The van der Waals surface area contributed by atoms with Crippen molar-refractivity contribution in [1.82, 2.24) is 10.6 Å². The van der Waals surface area contributed by atoms with Gasteiger partial charge in [0.15, 0.2) is 12.6 Å². The standard InChI is InChI=1S/C59H110N2O22/c1-4-6-8-10-12-14-16-18-19-20-22-24-26-28-30-32-45(69)61-39(47(70)40(66)31-29-27-25-23-21-17-15-13-11-9-7-5-2)37-78-56-51(74)50(73)53(44(36-64)80-56)81-57-52(75)55(49(72)43(35-63)79-57)83-59(58(76)77)33-41(67)46(60-38(3)65)54(82-59)48(71)42(68)34-62/h39-44,46-57,62-64,66-68,70-75H,4-37H2,1-3H3,(H,60,65)(H,61,69)(H,76,77)/t39-,40+,41-,42+,43+,44+,46+,47-,48?,49-,50+,51+,52+,53+,54+,55-,56+,57-,59-/m0/s1. The predicted molar refractivity (Wildman–Crippen MR) is 303 cm³/mol. The van der Waals surface area contributed by atoms with E-state index in [9.17, 15) is 80.8 Å². The Labute approximate surface area is 491 Å². The van der Waals surface area contributed by atoms with Crippen LogP contribution in [0.25, 0.3) is 0 Å². The zero-order chi connectivity index (χ0) is 61.3. The van der Waals surface area contributed by atoms with Crippen molar-refractivity contribution in [2.45, 2.75) is 329 Å². The van der Waals surface area contributed by atoms with Crippen molar-refractivity contribution in [3.8, 4) is 0 Å². The zero-order valence-corrected chi connectivity index (χ0v) is 49.9. The molecular formula is C59H110N2O22. The second-order valence-electron chi connectivity index (χ2n) is 23.4. The summed E-state index contributed by atoms with van der Waals surface area (Å²) in [7, 11) is 0. The summed E-state index contributed by atoms with van der Waals surface area (Å²) in [6, 6.07) is -2.81. The summed E-state index contributed by atoms with van der Waals surface area (Å²) in [4.78, 5) is 38.4. The first-order valence-corrected chi connectivity index (χ1v) is 31.5. The second-order valence-corrected chi connectivity index (χ2v) is 23.4. The van der Waals surface area contributed by atoms with Gasteiger partial charge in [-0.15, -0.1) is 0 Å². The molecule has 0 spiro atoms. The Morgan fingerprint density at radius 3 is 1.54 bits per heavy atom. The Kier molecular flexibility index (Phi) is 37.7. The lowest BCUT2D eigenvalue weighted by molar-refractivity contribution is -0.386. The van der Waals surface area contributed by atoms with Crippen LogP contribution < -0.4 is 10.6 Å². The van der Waals surface area contributed by atoms with Crippen molar-refractivity contribution in [1.29, 1.82) is 0 Å². The number of unbranched alkanes of at least 4 members (excludes halogenated alkanes) is 25. The lowest BCUT2D eigenvalue weighted by atomic mass is 9.88. The topological polar surface area (TPSA) is 394 Å². The number of aliphatic hydroxyl groups excluding tert-OH is 12. The summed E-state index contributed by atoms with van der Waals surface area (Å²) >= 11 is 0. The van der Waals surface area contributed by atoms with E-state index in [-0.39, 0.29) is 12.8 Å². The van der Waals surface area contributed by atoms with Gasteiger partial charge < -0.3 is 105 Å². The van der Waals surface area contributed by atoms with Gasteiger partial charge >= 0.3 is 5.97 Å². The van der Waals surface area contributed by atoms with E-state index in [1.807, 2.05) is 0 Å². The van der Waals surface area contributed by atoms with Gasteiger partial charge in [-0.3, -0.25) is 9.59 Å². The van der Waals surface area contributed by atoms with Crippen molar-refractivity contribution in [2.75, 3.05) is 26.4 Å². The molecule has 15 N–H and O–H groups in total. The van der Waals surface area contributed by atoms with Gasteiger partial charge in [0.25, 0.3) is 5.79 Å². The van der Waals surface area contributed by atoms with E-state index in [1.54, 1.807) is 0 Å². The van der Waals surface area contributed by atoms with Crippen LogP contribution in [0, 0.1) is 0 Å². The molecule has 0 aromatic carbocycles. The van der Waals surface area contributed by atoms with Crippen molar-refractivity contribution in [3.05, 3.63) is 0 Å². The maximum atomic E-state index is 13.4. The maximum Gasteiger partial charge on any atom is 0.364 e. The SMILES string of the molecule is CCCCCCCCCCCCCCCCCC(=O)N[C@@H](CO[C@@H]1O[C@H](CO)[C@@H](O[C@@H]2O[C@H](CO)[C@H](O)[C@H](O[C@]3(C(=O)O)C[C@H](O)[C@@H](NC(C)=O)[C@H](C(O)[C@H](O)CO)O3)[C@H]2O)[C@H](O)[C@H]1O)[C@H](O)[C@H](O)CCCCCCCCCCCCCC. The van der Waals surface area contributed by atoms with Crippen LogP contribution in [0.4, 0.5) is 0 Å². The summed E-state index contributed by atoms with van der Waals surface area (Å²) in [6.45, 7) is 1.91. The molecule has 1 unspecified atom stereocenters. The number of hydrogen-bond donors (Lipinski definition) is 15. The van der Waals surface area contributed by atoms with Crippen LogP contribution in [0.2, 0.25) is 0 Å². The Morgan fingerprint density at radius 2 is 1.07 bits per heavy atom. The Bertz CT molecular complexity index is 1730. The molecule has 83 heavy (non-hydrogen) atoms. The van der Waals surface area contributed by atoms with Crippen LogP contribution in [0.5, 0.6) is 0 Å². The number of nitrogens with one attached hydrogen (secondary N) is 2. The first kappa shape index (κ1) is 74.9. The number of rotatable bonds is 46. The fraction of sp³-hybridized carbons (Fsp3) is 0.949. The average Bonchev–Trinajstić information content (AvgIpc) is 3.64. The molecule has 3 aliphatic rings. The average molecular weight is 1200 g/mol. The summed E-state index contributed by atoms with van der Waals surface area (Å²) in [5.74, 6) is -6.25. The molecule has 3 rings (SSSR count). The number of carbonyl (C=O) groups is 3. The van der Waals surface area contributed by atoms with Crippen LogP contribution >= 0.6 is 0 Å². The molecule has 3 saturated heterocycles. The van der Waals surface area contributed by atoms with Crippen LogP contribution in [0.15, 0.2) is 0 Å². The van der Waals surface area contributed by atoms with Gasteiger partial charge in [-0.1, -0.05) is 181 Å². The molecule has 0 radical (unpaired) electrons. The van der Waals surface area contributed by atoms with E-state index in [1.165, 1.54) is 109 Å².